The molecule has 0 bridgehead atoms. The summed E-state index contributed by atoms with van der Waals surface area (Å²) in [6.45, 7) is 6.71. The summed E-state index contributed by atoms with van der Waals surface area (Å²) < 4.78 is 0. The van der Waals surface area contributed by atoms with Gasteiger partial charge in [0.25, 0.3) is 0 Å². The van der Waals surface area contributed by atoms with Gasteiger partial charge in [-0.25, -0.2) is 0 Å². The summed E-state index contributed by atoms with van der Waals surface area (Å²) >= 11 is 0. The van der Waals surface area contributed by atoms with Gasteiger partial charge in [-0.2, -0.15) is 0 Å². The number of quaternary nitrogens is 3. The molecule has 0 spiro atoms. The van der Waals surface area contributed by atoms with E-state index in [4.69, 9.17) is 0 Å². The van der Waals surface area contributed by atoms with Crippen LogP contribution in [0.4, 0.5) is 0 Å². The Morgan fingerprint density at radius 3 is 0.907 bits per heavy atom. The standard InChI is InChI=1S/C22H32O5.C22H32O4.C20H32O5.3C5H9NO3.3Na/c1-2-3-9-14-19(23)15-10-6-4-5-7-11-16-20(24)21(25)17-12-8-13-18-22(26)27;1-2-3-10-15-20(23)17-12-8-9-13-18-21(24)16-11-6-4-5-7-14-19-22(25)26;1-2-3-8-12-17(21)13-9-6-4-5-7-10-14-18(22)19(23)15-11-16-20(24)25;3*6-3-4(7)1-2-5(8)9;;;/h3-12,15-16,19-21,23-25H,2,13-14,17-18H2,1H3,(H,26,27);3,5-13,17-18,20-21,23-24H,2,4,14-16,19H2,1H3,(H,25,26);4-7,9-10,13-14,17-19,21-23H,2-3,8,11-12,15-16H2,1H3,(H,24,25);3*1-3,6H2,(H,8,9);;;/q;;;;;;3*+1/p-3/b6-4-,7-5+,9-3-,12-8-,15-10+,16-11+;7-5-,9-8-,10-3-,11-6-,17-12+,18-13+;6-4-,7-5+,13-9+,14-10+;;;;;;/t19-,20-,21+;20-,21-;17-,18+,19-;;;;;;/m100....../s1. The van der Waals surface area contributed by atoms with E-state index in [9.17, 15) is 115 Å². The van der Waals surface area contributed by atoms with Crippen molar-refractivity contribution in [2.45, 2.75) is 224 Å². The molecule has 0 unspecified atom stereocenters. The fourth-order valence-corrected chi connectivity index (χ4v) is 7.01. The average molecular weight is 1550 g/mol. The SMILES string of the molecule is CC/C=C\C[C@@H](O)/C=C/C=C\C=C\C=C\[C@@H](O)[C@@H](O)C/C=C\CCC(=O)[O-].CC/C=C\C[C@H](O)/C=C/C=C\C=C\[C@@H](O)C/C=C\C/C=C\CCC(=O)[O-].CCCCC[C@H](O)/C=C/C=C\C=C\C=C\[C@@H](O)[C@@H](O)CCCC(=O)[O-].[NH3+]CC(=O)CCC(=O)[O-].[NH3+]CC(=O)CCC(=O)[O-].[NH3+]CC(=O)CCC(=O)[O-].[Na+].[Na+].[Na+]. The molecule has 29 heteroatoms. The van der Waals surface area contributed by atoms with Crippen LogP contribution in [0.1, 0.15) is 175 Å². The molecule has 0 aromatic heterocycles. The molecule has 108 heavy (non-hydrogen) atoms. The molecule has 0 aromatic rings. The Labute approximate surface area is 705 Å². The molecule has 0 saturated carbocycles. The normalized spacial score (nSPS) is 13.9. The molecule has 592 valence electrons. The second-order valence-corrected chi connectivity index (χ2v) is 22.5. The van der Waals surface area contributed by atoms with E-state index >= 15 is 0 Å². The van der Waals surface area contributed by atoms with E-state index in [-0.39, 0.29) is 203 Å². The molecular formula is C79H120N3Na3O23. The van der Waals surface area contributed by atoms with Crippen LogP contribution in [0.5, 0.6) is 0 Å². The smallest absolute Gasteiger partial charge is 0.550 e. The zero-order chi connectivity index (χ0) is 80.5. The van der Waals surface area contributed by atoms with Crippen molar-refractivity contribution in [2.75, 3.05) is 19.6 Å². The third-order valence-electron chi connectivity index (χ3n) is 12.9. The first kappa shape index (κ1) is 121. The van der Waals surface area contributed by atoms with Crippen LogP contribution in [0.15, 0.2) is 194 Å². The number of unbranched alkanes of at least 4 members (excludes halogenated alkanes) is 2. The zero-order valence-electron chi connectivity index (χ0n) is 64.5. The van der Waals surface area contributed by atoms with Crippen molar-refractivity contribution in [3.05, 3.63) is 194 Å². The Kier molecular flexibility index (Phi) is 104. The van der Waals surface area contributed by atoms with E-state index in [1.165, 1.54) is 12.2 Å². The summed E-state index contributed by atoms with van der Waals surface area (Å²) in [6, 6.07) is 0. The predicted octanol–water partition coefficient (Wildman–Crippen LogP) is -9.93. The van der Waals surface area contributed by atoms with Crippen molar-refractivity contribution in [1.82, 2.24) is 0 Å². The molecular weight excluding hydrogens is 1430 g/mol. The van der Waals surface area contributed by atoms with Crippen molar-refractivity contribution in [3.63, 3.8) is 0 Å². The molecule has 8 atom stereocenters. The van der Waals surface area contributed by atoms with Crippen molar-refractivity contribution >= 4 is 53.2 Å². The van der Waals surface area contributed by atoms with E-state index in [0.29, 0.717) is 38.5 Å². The van der Waals surface area contributed by atoms with Gasteiger partial charge in [0, 0.05) is 55.1 Å². The number of aliphatic hydroxyl groups is 8. The van der Waals surface area contributed by atoms with Crippen LogP contribution in [-0.2, 0) is 43.2 Å². The number of carboxylic acids is 6. The molecule has 0 fully saturated rings. The van der Waals surface area contributed by atoms with E-state index in [1.807, 2.05) is 61.6 Å². The van der Waals surface area contributed by atoms with Crippen LogP contribution in [-0.4, -0.2) is 162 Å². The second kappa shape index (κ2) is 93.6. The summed E-state index contributed by atoms with van der Waals surface area (Å²) in [5.74, 6) is -7.28. The predicted molar refractivity (Wildman–Crippen MR) is 390 cm³/mol. The summed E-state index contributed by atoms with van der Waals surface area (Å²) in [4.78, 5) is 91.0. The van der Waals surface area contributed by atoms with Gasteiger partial charge in [-0.05, 0) is 116 Å². The first-order chi connectivity index (χ1) is 50.0. The van der Waals surface area contributed by atoms with Crippen LogP contribution in [0.25, 0.3) is 0 Å². The first-order valence-corrected chi connectivity index (χ1v) is 35.2. The van der Waals surface area contributed by atoms with Gasteiger partial charge in [-0.1, -0.05) is 234 Å². The Morgan fingerprint density at radius 1 is 0.296 bits per heavy atom. The minimum atomic E-state index is -1.18. The molecule has 0 radical (unpaired) electrons. The molecule has 0 amide bonds. The Balaban J connectivity index is -0.000000164. The number of rotatable bonds is 54. The van der Waals surface area contributed by atoms with Gasteiger partial charge in [-0.15, -0.1) is 0 Å². The maximum absolute atomic E-state index is 10.4. The van der Waals surface area contributed by atoms with E-state index in [2.05, 4.69) is 31.0 Å². The fraction of sp³-hybridized carbons (Fsp3) is 0.481. The molecule has 0 aliphatic carbocycles. The zero-order valence-corrected chi connectivity index (χ0v) is 70.5. The van der Waals surface area contributed by atoms with Crippen LogP contribution in [0.3, 0.4) is 0 Å². The number of aliphatic carboxylic acids is 6. The summed E-state index contributed by atoms with van der Waals surface area (Å²) in [6.07, 6.45) is 60.2. The van der Waals surface area contributed by atoms with E-state index in [0.717, 1.165) is 38.5 Å². The van der Waals surface area contributed by atoms with Gasteiger partial charge in [0.15, 0.2) is 17.3 Å². The molecule has 17 N–H and O–H groups in total. The summed E-state index contributed by atoms with van der Waals surface area (Å²) in [7, 11) is 0. The van der Waals surface area contributed by atoms with Crippen molar-refractivity contribution < 1.29 is 221 Å². The average Bonchev–Trinajstić information content (AvgIpc) is 1.00. The number of hydrogen-bond donors (Lipinski definition) is 11. The molecule has 0 aliphatic heterocycles. The fourth-order valence-electron chi connectivity index (χ4n) is 7.01. The second-order valence-electron chi connectivity index (χ2n) is 22.5. The Hall–Kier alpha value is -5.77. The summed E-state index contributed by atoms with van der Waals surface area (Å²) in [5, 5.41) is 138. The van der Waals surface area contributed by atoms with E-state index < -0.39 is 84.6 Å². The Morgan fingerprint density at radius 2 is 0.583 bits per heavy atom. The van der Waals surface area contributed by atoms with Gasteiger partial charge in [-0.3, -0.25) is 14.4 Å². The minimum absolute atomic E-state index is 0. The Bertz CT molecular complexity index is 2730. The first-order valence-electron chi connectivity index (χ1n) is 35.2. The maximum Gasteiger partial charge on any atom is 1.00 e. The number of allylic oxidation sites excluding steroid dienone is 22. The number of carbonyl (C=O) groups excluding carboxylic acids is 9. The minimum Gasteiger partial charge on any atom is -0.550 e. The number of aliphatic hydroxyl groups excluding tert-OH is 8. The monoisotopic (exact) mass is 1550 g/mol. The number of hydrogen-bond acceptors (Lipinski definition) is 23. The van der Waals surface area contributed by atoms with Gasteiger partial charge in [0.1, 0.15) is 19.6 Å². The van der Waals surface area contributed by atoms with Crippen molar-refractivity contribution in [2.24, 2.45) is 0 Å². The largest absolute Gasteiger partial charge is 1.00 e. The number of Topliss-reactive ketones (excluding diaryl/α,β-unsaturated/α-hetero) is 3. The van der Waals surface area contributed by atoms with Crippen LogP contribution in [0.2, 0.25) is 0 Å². The molecule has 0 rings (SSSR count). The topological polar surface area (TPSA) is 537 Å². The molecule has 0 aromatic carbocycles. The number of ketones is 3. The van der Waals surface area contributed by atoms with Gasteiger partial charge < -0.3 is 117 Å². The van der Waals surface area contributed by atoms with Crippen LogP contribution >= 0.6 is 0 Å². The van der Waals surface area contributed by atoms with Gasteiger partial charge in [0.2, 0.25) is 0 Å². The molecule has 26 nitrogen and oxygen atoms in total. The summed E-state index contributed by atoms with van der Waals surface area (Å²) in [5.41, 5.74) is 9.90. The third-order valence-corrected chi connectivity index (χ3v) is 12.9. The van der Waals surface area contributed by atoms with Gasteiger partial charge in [0.05, 0.1) is 48.8 Å². The van der Waals surface area contributed by atoms with Gasteiger partial charge >= 0.3 is 88.7 Å². The third kappa shape index (κ3) is 111. The number of carbonyl (C=O) groups is 9. The molecule has 0 aliphatic rings. The quantitative estimate of drug-likeness (QED) is 0.0117. The van der Waals surface area contributed by atoms with Crippen LogP contribution < -0.4 is 137 Å². The van der Waals surface area contributed by atoms with E-state index in [1.54, 1.807) is 128 Å². The maximum atomic E-state index is 10.4. The number of carboxylic acid groups (broad SMARTS) is 6. The van der Waals surface area contributed by atoms with Crippen molar-refractivity contribution in [1.29, 1.82) is 0 Å². The molecule has 0 saturated heterocycles. The molecule has 0 heterocycles. The van der Waals surface area contributed by atoms with Crippen molar-refractivity contribution in [3.8, 4) is 0 Å². The van der Waals surface area contributed by atoms with Crippen LogP contribution in [0, 0.1) is 0 Å².